The molecule has 0 unspecified atom stereocenters. The molecule has 2 heterocycles. The van der Waals surface area contributed by atoms with E-state index >= 15 is 0 Å². The van der Waals surface area contributed by atoms with E-state index in [4.69, 9.17) is 4.74 Å². The smallest absolute Gasteiger partial charge is 0.292 e. The van der Waals surface area contributed by atoms with Gasteiger partial charge in [0, 0.05) is 51.0 Å². The summed E-state index contributed by atoms with van der Waals surface area (Å²) in [7, 11) is 0. The lowest BCUT2D eigenvalue weighted by Crippen LogP contribution is -2.50. The highest BCUT2D eigenvalue weighted by Gasteiger charge is 2.25. The summed E-state index contributed by atoms with van der Waals surface area (Å²) in [5.41, 5.74) is 3.08. The van der Waals surface area contributed by atoms with Crippen LogP contribution >= 0.6 is 0 Å². The van der Waals surface area contributed by atoms with Crippen molar-refractivity contribution in [2.24, 2.45) is 0 Å². The third kappa shape index (κ3) is 5.56. The first-order chi connectivity index (χ1) is 16.0. The zero-order valence-corrected chi connectivity index (χ0v) is 19.2. The molecule has 1 amide bonds. The van der Waals surface area contributed by atoms with E-state index in [-0.39, 0.29) is 23.1 Å². The molecule has 2 aromatic carbocycles. The highest BCUT2D eigenvalue weighted by Crippen LogP contribution is 2.34. The second kappa shape index (κ2) is 10.6. The van der Waals surface area contributed by atoms with Gasteiger partial charge in [0.1, 0.15) is 11.4 Å². The summed E-state index contributed by atoms with van der Waals surface area (Å²) >= 11 is 0. The minimum Gasteiger partial charge on any atom is -0.484 e. The third-order valence-electron chi connectivity index (χ3n) is 6.54. The number of nitro groups is 1. The summed E-state index contributed by atoms with van der Waals surface area (Å²) in [5, 5.41) is 11.6. The second-order valence-electron chi connectivity index (χ2n) is 8.63. The summed E-state index contributed by atoms with van der Waals surface area (Å²) in [6, 6.07) is 13.2. The van der Waals surface area contributed by atoms with Gasteiger partial charge < -0.3 is 19.4 Å². The van der Waals surface area contributed by atoms with Gasteiger partial charge in [-0.3, -0.25) is 14.9 Å². The standard InChI is InChI=1S/C25H32N4O4/c1-2-20-6-9-22(10-7-20)33-19-25(30)28-16-14-26(15-17-28)21-8-11-23(29(31)32)24(18-21)27-12-4-3-5-13-27/h6-11,18H,2-5,12-17,19H2,1H3. The fraction of sp³-hybridized carbons (Fsp3) is 0.480. The van der Waals surface area contributed by atoms with Crippen molar-refractivity contribution in [2.75, 3.05) is 55.7 Å². The molecule has 8 nitrogen and oxygen atoms in total. The summed E-state index contributed by atoms with van der Waals surface area (Å²) in [6.45, 7) is 6.43. The number of aryl methyl sites for hydroxylation is 1. The Kier molecular flexibility index (Phi) is 7.32. The van der Waals surface area contributed by atoms with Gasteiger partial charge in [-0.2, -0.15) is 0 Å². The molecular weight excluding hydrogens is 420 g/mol. The van der Waals surface area contributed by atoms with E-state index in [9.17, 15) is 14.9 Å². The van der Waals surface area contributed by atoms with Crippen molar-refractivity contribution < 1.29 is 14.5 Å². The molecule has 8 heteroatoms. The summed E-state index contributed by atoms with van der Waals surface area (Å²) in [6.07, 6.45) is 4.27. The quantitative estimate of drug-likeness (QED) is 0.469. The molecule has 0 atom stereocenters. The van der Waals surface area contributed by atoms with Crippen molar-refractivity contribution in [3.05, 3.63) is 58.1 Å². The van der Waals surface area contributed by atoms with Crippen LogP contribution in [0.1, 0.15) is 31.7 Å². The normalized spacial score (nSPS) is 16.6. The van der Waals surface area contributed by atoms with E-state index in [0.717, 1.165) is 38.0 Å². The second-order valence-corrected chi connectivity index (χ2v) is 8.63. The molecule has 2 aromatic rings. The number of rotatable bonds is 7. The number of piperazine rings is 1. The number of nitro benzene ring substituents is 1. The van der Waals surface area contributed by atoms with Crippen molar-refractivity contribution >= 4 is 23.0 Å². The summed E-state index contributed by atoms with van der Waals surface area (Å²) in [5.74, 6) is 0.683. The Morgan fingerprint density at radius 3 is 2.27 bits per heavy atom. The fourth-order valence-electron chi connectivity index (χ4n) is 4.52. The Morgan fingerprint density at radius 2 is 1.64 bits per heavy atom. The molecule has 33 heavy (non-hydrogen) atoms. The molecule has 0 saturated carbocycles. The van der Waals surface area contributed by atoms with Crippen LogP contribution in [-0.2, 0) is 11.2 Å². The van der Waals surface area contributed by atoms with Gasteiger partial charge in [0.15, 0.2) is 6.61 Å². The van der Waals surface area contributed by atoms with Crippen molar-refractivity contribution in [1.29, 1.82) is 0 Å². The monoisotopic (exact) mass is 452 g/mol. The summed E-state index contributed by atoms with van der Waals surface area (Å²) < 4.78 is 5.68. The first-order valence-corrected chi connectivity index (χ1v) is 11.8. The van der Waals surface area contributed by atoms with Crippen LogP contribution in [0.25, 0.3) is 0 Å². The van der Waals surface area contributed by atoms with Gasteiger partial charge in [-0.25, -0.2) is 0 Å². The van der Waals surface area contributed by atoms with Gasteiger partial charge in [0.2, 0.25) is 0 Å². The van der Waals surface area contributed by atoms with E-state index in [0.29, 0.717) is 37.6 Å². The highest BCUT2D eigenvalue weighted by molar-refractivity contribution is 5.78. The van der Waals surface area contributed by atoms with Crippen LogP contribution < -0.4 is 14.5 Å². The molecule has 4 rings (SSSR count). The minimum atomic E-state index is -0.292. The van der Waals surface area contributed by atoms with Crippen LogP contribution in [-0.4, -0.2) is 61.6 Å². The molecule has 2 fully saturated rings. The number of benzene rings is 2. The zero-order chi connectivity index (χ0) is 23.2. The van der Waals surface area contributed by atoms with Gasteiger partial charge in [-0.1, -0.05) is 19.1 Å². The molecule has 0 bridgehead atoms. The van der Waals surface area contributed by atoms with Crippen molar-refractivity contribution in [3.63, 3.8) is 0 Å². The predicted octanol–water partition coefficient (Wildman–Crippen LogP) is 3.88. The van der Waals surface area contributed by atoms with Gasteiger partial charge in [-0.05, 0) is 55.5 Å². The molecule has 2 saturated heterocycles. The Labute approximate surface area is 194 Å². The first-order valence-electron chi connectivity index (χ1n) is 11.8. The Morgan fingerprint density at radius 1 is 0.939 bits per heavy atom. The van der Waals surface area contributed by atoms with Crippen LogP contribution in [0.4, 0.5) is 17.1 Å². The van der Waals surface area contributed by atoms with E-state index in [1.807, 2.05) is 41.3 Å². The van der Waals surface area contributed by atoms with E-state index in [1.54, 1.807) is 6.07 Å². The van der Waals surface area contributed by atoms with Gasteiger partial charge in [0.25, 0.3) is 11.6 Å². The molecule has 2 aliphatic heterocycles. The molecule has 0 radical (unpaired) electrons. The van der Waals surface area contributed by atoms with Gasteiger partial charge in [-0.15, -0.1) is 0 Å². The predicted molar refractivity (Wildman–Crippen MR) is 129 cm³/mol. The minimum absolute atomic E-state index is 0.0214. The number of carbonyl (C=O) groups is 1. The topological polar surface area (TPSA) is 79.2 Å². The lowest BCUT2D eigenvalue weighted by molar-refractivity contribution is -0.384. The molecule has 0 N–H and O–H groups in total. The molecule has 2 aliphatic rings. The van der Waals surface area contributed by atoms with E-state index in [2.05, 4.69) is 16.7 Å². The number of hydrogen-bond acceptors (Lipinski definition) is 6. The van der Waals surface area contributed by atoms with Crippen LogP contribution in [0.2, 0.25) is 0 Å². The average Bonchev–Trinajstić information content (AvgIpc) is 2.87. The maximum atomic E-state index is 12.6. The van der Waals surface area contributed by atoms with Gasteiger partial charge in [0.05, 0.1) is 4.92 Å². The lowest BCUT2D eigenvalue weighted by Gasteiger charge is -2.36. The molecular formula is C25H32N4O4. The van der Waals surface area contributed by atoms with E-state index in [1.165, 1.54) is 12.0 Å². The SMILES string of the molecule is CCc1ccc(OCC(=O)N2CCN(c3ccc([N+](=O)[O-])c(N4CCCCC4)c3)CC2)cc1. The maximum Gasteiger partial charge on any atom is 0.292 e. The maximum absolute atomic E-state index is 12.6. The number of carbonyl (C=O) groups excluding carboxylic acids is 1. The Bertz CT molecular complexity index is 965. The molecule has 0 aromatic heterocycles. The summed E-state index contributed by atoms with van der Waals surface area (Å²) in [4.78, 5) is 30.1. The number of piperidine rings is 1. The van der Waals surface area contributed by atoms with Crippen LogP contribution in [0.5, 0.6) is 5.75 Å². The first kappa shape index (κ1) is 22.9. The third-order valence-corrected chi connectivity index (χ3v) is 6.54. The number of anilines is 2. The molecule has 0 spiro atoms. The van der Waals surface area contributed by atoms with Crippen molar-refractivity contribution in [1.82, 2.24) is 4.90 Å². The largest absolute Gasteiger partial charge is 0.484 e. The lowest BCUT2D eigenvalue weighted by atomic mass is 10.1. The number of hydrogen-bond donors (Lipinski definition) is 0. The number of nitrogens with zero attached hydrogens (tertiary/aromatic N) is 4. The van der Waals surface area contributed by atoms with E-state index < -0.39 is 0 Å². The van der Waals surface area contributed by atoms with Crippen LogP contribution in [0, 0.1) is 10.1 Å². The highest BCUT2D eigenvalue weighted by atomic mass is 16.6. The van der Waals surface area contributed by atoms with Crippen LogP contribution in [0.15, 0.2) is 42.5 Å². The fourth-order valence-corrected chi connectivity index (χ4v) is 4.52. The molecule has 176 valence electrons. The number of ether oxygens (including phenoxy) is 1. The van der Waals surface area contributed by atoms with Crippen molar-refractivity contribution in [3.8, 4) is 5.75 Å². The van der Waals surface area contributed by atoms with Gasteiger partial charge >= 0.3 is 0 Å². The Hall–Kier alpha value is -3.29. The average molecular weight is 453 g/mol. The Balaban J connectivity index is 1.34. The molecule has 0 aliphatic carbocycles. The van der Waals surface area contributed by atoms with Crippen molar-refractivity contribution in [2.45, 2.75) is 32.6 Å². The number of amides is 1. The zero-order valence-electron chi connectivity index (χ0n) is 19.2. The van der Waals surface area contributed by atoms with Crippen LogP contribution in [0.3, 0.4) is 0 Å².